The SMILES string of the molecule is COc1ccccc1NC1(C#N)CCC(C(C)C)CC1. The van der Waals surface area contributed by atoms with Gasteiger partial charge in [-0.05, 0) is 49.7 Å². The largest absolute Gasteiger partial charge is 0.495 e. The summed E-state index contributed by atoms with van der Waals surface area (Å²) in [6, 6.07) is 10.3. The lowest BCUT2D eigenvalue weighted by Crippen LogP contribution is -2.41. The zero-order valence-electron chi connectivity index (χ0n) is 12.6. The van der Waals surface area contributed by atoms with Gasteiger partial charge in [0, 0.05) is 0 Å². The van der Waals surface area contributed by atoms with Crippen molar-refractivity contribution in [3.63, 3.8) is 0 Å². The van der Waals surface area contributed by atoms with Crippen molar-refractivity contribution in [2.75, 3.05) is 12.4 Å². The van der Waals surface area contributed by atoms with E-state index in [9.17, 15) is 5.26 Å². The van der Waals surface area contributed by atoms with Crippen LogP contribution >= 0.6 is 0 Å². The number of anilines is 1. The van der Waals surface area contributed by atoms with Crippen molar-refractivity contribution in [3.05, 3.63) is 24.3 Å². The van der Waals surface area contributed by atoms with E-state index in [4.69, 9.17) is 4.74 Å². The lowest BCUT2D eigenvalue weighted by atomic mass is 9.73. The smallest absolute Gasteiger partial charge is 0.141 e. The van der Waals surface area contributed by atoms with Crippen molar-refractivity contribution < 1.29 is 4.74 Å². The standard InChI is InChI=1S/C17H24N2O/c1-13(2)14-8-10-17(12-18,11-9-14)19-15-6-4-5-7-16(15)20-3/h4-7,13-14,19H,8-11H2,1-3H3. The maximum atomic E-state index is 9.64. The summed E-state index contributed by atoms with van der Waals surface area (Å²) in [5, 5.41) is 13.1. The van der Waals surface area contributed by atoms with Crippen molar-refractivity contribution in [3.8, 4) is 11.8 Å². The number of nitrogens with zero attached hydrogens (tertiary/aromatic N) is 1. The first-order valence-corrected chi connectivity index (χ1v) is 7.42. The number of benzene rings is 1. The molecule has 3 heteroatoms. The fourth-order valence-electron chi connectivity index (χ4n) is 3.07. The van der Waals surface area contributed by atoms with Gasteiger partial charge in [-0.15, -0.1) is 0 Å². The second-order valence-corrected chi connectivity index (χ2v) is 6.10. The Kier molecular flexibility index (Phi) is 4.54. The van der Waals surface area contributed by atoms with Crippen LogP contribution < -0.4 is 10.1 Å². The Morgan fingerprint density at radius 1 is 1.30 bits per heavy atom. The van der Waals surface area contributed by atoms with Gasteiger partial charge in [0.15, 0.2) is 0 Å². The van der Waals surface area contributed by atoms with Gasteiger partial charge in [0.1, 0.15) is 11.3 Å². The summed E-state index contributed by atoms with van der Waals surface area (Å²) in [4.78, 5) is 0. The van der Waals surface area contributed by atoms with Crippen LogP contribution in [0.2, 0.25) is 0 Å². The minimum Gasteiger partial charge on any atom is -0.495 e. The van der Waals surface area contributed by atoms with E-state index < -0.39 is 5.54 Å². The van der Waals surface area contributed by atoms with Gasteiger partial charge in [0.05, 0.1) is 18.9 Å². The van der Waals surface area contributed by atoms with E-state index in [2.05, 4.69) is 25.2 Å². The molecule has 1 aromatic carbocycles. The fourth-order valence-corrected chi connectivity index (χ4v) is 3.07. The van der Waals surface area contributed by atoms with Gasteiger partial charge >= 0.3 is 0 Å². The van der Waals surface area contributed by atoms with Crippen LogP contribution in [0, 0.1) is 23.2 Å². The highest BCUT2D eigenvalue weighted by molar-refractivity contribution is 5.58. The monoisotopic (exact) mass is 272 g/mol. The van der Waals surface area contributed by atoms with Crippen LogP contribution in [-0.4, -0.2) is 12.6 Å². The second-order valence-electron chi connectivity index (χ2n) is 6.10. The summed E-state index contributed by atoms with van der Waals surface area (Å²) in [7, 11) is 1.66. The molecule has 0 saturated heterocycles. The van der Waals surface area contributed by atoms with E-state index in [0.29, 0.717) is 5.92 Å². The fraction of sp³-hybridized carbons (Fsp3) is 0.588. The lowest BCUT2D eigenvalue weighted by molar-refractivity contribution is 0.239. The highest BCUT2D eigenvalue weighted by Crippen LogP contribution is 2.39. The first-order chi connectivity index (χ1) is 9.60. The van der Waals surface area contributed by atoms with Crippen molar-refractivity contribution in [1.82, 2.24) is 0 Å². The molecular weight excluding hydrogens is 248 g/mol. The van der Waals surface area contributed by atoms with Crippen LogP contribution in [0.25, 0.3) is 0 Å². The number of methoxy groups -OCH3 is 1. The van der Waals surface area contributed by atoms with Crippen LogP contribution in [-0.2, 0) is 0 Å². The summed E-state index contributed by atoms with van der Waals surface area (Å²) in [5.41, 5.74) is 0.472. The number of hydrogen-bond donors (Lipinski definition) is 1. The molecule has 2 rings (SSSR count). The molecule has 0 amide bonds. The Balaban J connectivity index is 2.12. The molecule has 0 heterocycles. The predicted molar refractivity (Wildman–Crippen MR) is 81.8 cm³/mol. The van der Waals surface area contributed by atoms with Crippen LogP contribution in [0.15, 0.2) is 24.3 Å². The first kappa shape index (κ1) is 14.7. The third-order valence-corrected chi connectivity index (χ3v) is 4.52. The second kappa shape index (κ2) is 6.17. The molecule has 108 valence electrons. The van der Waals surface area contributed by atoms with Crippen LogP contribution in [0.3, 0.4) is 0 Å². The summed E-state index contributed by atoms with van der Waals surface area (Å²) in [6.07, 6.45) is 4.05. The zero-order chi connectivity index (χ0) is 14.6. The molecule has 0 atom stereocenters. The summed E-state index contributed by atoms with van der Waals surface area (Å²) in [5.74, 6) is 2.25. The van der Waals surface area contributed by atoms with Crippen molar-refractivity contribution in [2.24, 2.45) is 11.8 Å². The Morgan fingerprint density at radius 2 is 1.95 bits per heavy atom. The molecule has 0 radical (unpaired) electrons. The van der Waals surface area contributed by atoms with Gasteiger partial charge in [-0.3, -0.25) is 0 Å². The van der Waals surface area contributed by atoms with E-state index in [0.717, 1.165) is 43.0 Å². The normalized spacial score (nSPS) is 26.1. The molecule has 0 bridgehead atoms. The minimum atomic E-state index is -0.444. The molecule has 0 unspecified atom stereocenters. The van der Waals surface area contributed by atoms with Crippen LogP contribution in [0.4, 0.5) is 5.69 Å². The molecule has 1 saturated carbocycles. The predicted octanol–water partition coefficient (Wildman–Crippen LogP) is 4.22. The number of nitrogens with one attached hydrogen (secondary N) is 1. The Morgan fingerprint density at radius 3 is 2.50 bits per heavy atom. The molecule has 1 aliphatic carbocycles. The molecule has 1 fully saturated rings. The molecule has 1 aliphatic rings. The zero-order valence-corrected chi connectivity index (χ0v) is 12.6. The van der Waals surface area contributed by atoms with Crippen molar-refractivity contribution in [2.45, 2.75) is 45.1 Å². The third kappa shape index (κ3) is 3.07. The van der Waals surface area contributed by atoms with Gasteiger partial charge in [0.2, 0.25) is 0 Å². The number of ether oxygens (including phenoxy) is 1. The number of para-hydroxylation sites is 2. The van der Waals surface area contributed by atoms with Gasteiger partial charge in [-0.2, -0.15) is 5.26 Å². The molecular formula is C17H24N2O. The molecule has 3 nitrogen and oxygen atoms in total. The van der Waals surface area contributed by atoms with Gasteiger partial charge in [-0.25, -0.2) is 0 Å². The lowest BCUT2D eigenvalue weighted by Gasteiger charge is -2.38. The van der Waals surface area contributed by atoms with Gasteiger partial charge in [0.25, 0.3) is 0 Å². The van der Waals surface area contributed by atoms with Crippen molar-refractivity contribution >= 4 is 5.69 Å². The average molecular weight is 272 g/mol. The summed E-state index contributed by atoms with van der Waals surface area (Å²) >= 11 is 0. The molecule has 1 aromatic rings. The Labute approximate surface area is 121 Å². The summed E-state index contributed by atoms with van der Waals surface area (Å²) in [6.45, 7) is 4.55. The van der Waals surface area contributed by atoms with E-state index >= 15 is 0 Å². The molecule has 0 aromatic heterocycles. The number of nitriles is 1. The summed E-state index contributed by atoms with van der Waals surface area (Å²) < 4.78 is 5.36. The molecule has 0 aliphatic heterocycles. The highest BCUT2D eigenvalue weighted by atomic mass is 16.5. The van der Waals surface area contributed by atoms with E-state index in [1.807, 2.05) is 24.3 Å². The molecule has 1 N–H and O–H groups in total. The maximum Gasteiger partial charge on any atom is 0.141 e. The quantitative estimate of drug-likeness (QED) is 0.892. The van der Waals surface area contributed by atoms with Crippen LogP contribution in [0.1, 0.15) is 39.5 Å². The number of hydrogen-bond acceptors (Lipinski definition) is 3. The highest BCUT2D eigenvalue weighted by Gasteiger charge is 2.36. The van der Waals surface area contributed by atoms with E-state index in [-0.39, 0.29) is 0 Å². The third-order valence-electron chi connectivity index (χ3n) is 4.52. The topological polar surface area (TPSA) is 45.0 Å². The van der Waals surface area contributed by atoms with E-state index in [1.54, 1.807) is 7.11 Å². The molecule has 0 spiro atoms. The Hall–Kier alpha value is -1.69. The van der Waals surface area contributed by atoms with E-state index in [1.165, 1.54) is 0 Å². The Bertz CT molecular complexity index is 482. The van der Waals surface area contributed by atoms with Crippen LogP contribution in [0.5, 0.6) is 5.75 Å². The minimum absolute atomic E-state index is 0.444. The van der Waals surface area contributed by atoms with Gasteiger partial charge in [-0.1, -0.05) is 26.0 Å². The maximum absolute atomic E-state index is 9.64. The van der Waals surface area contributed by atoms with Crippen molar-refractivity contribution in [1.29, 1.82) is 5.26 Å². The number of rotatable bonds is 4. The molecule has 20 heavy (non-hydrogen) atoms. The average Bonchev–Trinajstić information content (AvgIpc) is 2.48. The first-order valence-electron chi connectivity index (χ1n) is 7.42. The van der Waals surface area contributed by atoms with Gasteiger partial charge < -0.3 is 10.1 Å².